The van der Waals surface area contributed by atoms with Crippen LogP contribution in [0.15, 0.2) is 46.9 Å². The molecular formula is C21H22BrF3N2O2. The Kier molecular flexibility index (Phi) is 7.05. The van der Waals surface area contributed by atoms with E-state index in [2.05, 4.69) is 26.6 Å². The zero-order valence-corrected chi connectivity index (χ0v) is 17.3. The maximum Gasteiger partial charge on any atom is 0.416 e. The Balaban J connectivity index is 1.72. The second kappa shape index (κ2) is 9.52. The summed E-state index contributed by atoms with van der Waals surface area (Å²) in [5, 5.41) is 5.74. The first-order valence-corrected chi connectivity index (χ1v) is 10.3. The molecule has 2 aromatic rings. The van der Waals surface area contributed by atoms with Gasteiger partial charge in [0.15, 0.2) is 5.75 Å². The number of anilines is 1. The highest BCUT2D eigenvalue weighted by Gasteiger charge is 2.31. The minimum Gasteiger partial charge on any atom is -0.455 e. The fourth-order valence-electron chi connectivity index (χ4n) is 3.26. The first-order valence-electron chi connectivity index (χ1n) is 9.49. The van der Waals surface area contributed by atoms with E-state index in [1.807, 2.05) is 0 Å². The molecule has 1 saturated carbocycles. The van der Waals surface area contributed by atoms with Crippen LogP contribution in [0.3, 0.4) is 0 Å². The van der Waals surface area contributed by atoms with Crippen LogP contribution in [0, 0.1) is 0 Å². The summed E-state index contributed by atoms with van der Waals surface area (Å²) >= 11 is 3.32. The molecule has 4 nitrogen and oxygen atoms in total. The Morgan fingerprint density at radius 2 is 1.76 bits per heavy atom. The van der Waals surface area contributed by atoms with Crippen LogP contribution < -0.4 is 15.4 Å². The zero-order valence-electron chi connectivity index (χ0n) is 15.7. The fraction of sp³-hybridized carbons (Fsp3) is 0.381. The molecule has 8 heteroatoms. The lowest BCUT2D eigenvalue weighted by Gasteiger charge is -2.23. The van der Waals surface area contributed by atoms with Crippen LogP contribution in [0.2, 0.25) is 0 Å². The van der Waals surface area contributed by atoms with E-state index in [4.69, 9.17) is 4.74 Å². The highest BCUT2D eigenvalue weighted by Crippen LogP contribution is 2.37. The molecule has 156 valence electrons. The highest BCUT2D eigenvalue weighted by molar-refractivity contribution is 9.10. The largest absolute Gasteiger partial charge is 0.455 e. The Morgan fingerprint density at radius 3 is 2.41 bits per heavy atom. The molecule has 1 amide bonds. The average Bonchev–Trinajstić information content (AvgIpc) is 2.69. The third kappa shape index (κ3) is 6.39. The molecule has 0 atom stereocenters. The molecule has 0 heterocycles. The van der Waals surface area contributed by atoms with Gasteiger partial charge in [0, 0.05) is 10.5 Å². The molecule has 2 aromatic carbocycles. The van der Waals surface area contributed by atoms with Gasteiger partial charge in [-0.1, -0.05) is 35.2 Å². The molecule has 1 fully saturated rings. The SMILES string of the molecule is O=C(CNc1cc(C(F)(F)F)ccc1Oc1ccc(Br)cc1)NC1CCCCC1. The second-order valence-corrected chi connectivity index (χ2v) is 7.94. The third-order valence-electron chi connectivity index (χ3n) is 4.76. The quantitative estimate of drug-likeness (QED) is 0.534. The van der Waals surface area contributed by atoms with E-state index in [1.165, 1.54) is 12.5 Å². The van der Waals surface area contributed by atoms with Gasteiger partial charge in [0.25, 0.3) is 0 Å². The van der Waals surface area contributed by atoms with E-state index in [0.29, 0.717) is 5.75 Å². The minimum absolute atomic E-state index is 0.113. The van der Waals surface area contributed by atoms with Crippen LogP contribution in [-0.2, 0) is 11.0 Å². The van der Waals surface area contributed by atoms with Gasteiger partial charge >= 0.3 is 6.18 Å². The van der Waals surface area contributed by atoms with E-state index >= 15 is 0 Å². The van der Waals surface area contributed by atoms with E-state index in [0.717, 1.165) is 42.3 Å². The van der Waals surface area contributed by atoms with Crippen molar-refractivity contribution in [3.63, 3.8) is 0 Å². The van der Waals surface area contributed by atoms with Crippen molar-refractivity contribution in [1.82, 2.24) is 5.32 Å². The Hall–Kier alpha value is -2.22. The summed E-state index contributed by atoms with van der Waals surface area (Å²) in [4.78, 5) is 12.2. The van der Waals surface area contributed by atoms with E-state index in [-0.39, 0.29) is 29.9 Å². The fourth-order valence-corrected chi connectivity index (χ4v) is 3.53. The van der Waals surface area contributed by atoms with Gasteiger partial charge in [-0.3, -0.25) is 4.79 Å². The van der Waals surface area contributed by atoms with Crippen LogP contribution in [0.5, 0.6) is 11.5 Å². The van der Waals surface area contributed by atoms with Crippen molar-refractivity contribution in [1.29, 1.82) is 0 Å². The number of hydrogen-bond donors (Lipinski definition) is 2. The minimum atomic E-state index is -4.49. The number of alkyl halides is 3. The Bertz CT molecular complexity index is 835. The third-order valence-corrected chi connectivity index (χ3v) is 5.29. The summed E-state index contributed by atoms with van der Waals surface area (Å²) < 4.78 is 46.0. The number of halogens is 4. The number of carbonyl (C=O) groups is 1. The van der Waals surface area contributed by atoms with Crippen LogP contribution in [0.25, 0.3) is 0 Å². The monoisotopic (exact) mass is 470 g/mol. The van der Waals surface area contributed by atoms with E-state index in [9.17, 15) is 18.0 Å². The van der Waals surface area contributed by atoms with Crippen molar-refractivity contribution in [2.24, 2.45) is 0 Å². The normalized spacial score (nSPS) is 15.0. The summed E-state index contributed by atoms with van der Waals surface area (Å²) in [5.41, 5.74) is -0.697. The summed E-state index contributed by atoms with van der Waals surface area (Å²) in [6.45, 7) is -0.130. The number of carbonyl (C=O) groups excluding carboxylic acids is 1. The smallest absolute Gasteiger partial charge is 0.416 e. The van der Waals surface area contributed by atoms with E-state index in [1.54, 1.807) is 24.3 Å². The van der Waals surface area contributed by atoms with Crippen molar-refractivity contribution in [3.8, 4) is 11.5 Å². The summed E-state index contributed by atoms with van der Waals surface area (Å²) in [6.07, 6.45) is 0.720. The molecule has 0 bridgehead atoms. The second-order valence-electron chi connectivity index (χ2n) is 7.02. The lowest BCUT2D eigenvalue weighted by atomic mass is 9.95. The first-order chi connectivity index (χ1) is 13.8. The van der Waals surface area contributed by atoms with Crippen LogP contribution in [0.1, 0.15) is 37.7 Å². The van der Waals surface area contributed by atoms with Crippen molar-refractivity contribution >= 4 is 27.5 Å². The summed E-state index contributed by atoms with van der Waals surface area (Å²) in [7, 11) is 0. The molecule has 1 aliphatic carbocycles. The lowest BCUT2D eigenvalue weighted by Crippen LogP contribution is -2.39. The molecule has 0 spiro atoms. The standard InChI is InChI=1S/C21H22BrF3N2O2/c22-15-7-9-17(10-8-15)29-19-11-6-14(21(23,24)25)12-18(19)26-13-20(28)27-16-4-2-1-3-5-16/h6-12,16,26H,1-5,13H2,(H,27,28). The summed E-state index contributed by atoms with van der Waals surface area (Å²) in [5.74, 6) is 0.442. The van der Waals surface area contributed by atoms with Crippen LogP contribution >= 0.6 is 15.9 Å². The highest BCUT2D eigenvalue weighted by atomic mass is 79.9. The number of hydrogen-bond acceptors (Lipinski definition) is 3. The van der Waals surface area contributed by atoms with Crippen LogP contribution in [-0.4, -0.2) is 18.5 Å². The molecule has 3 rings (SSSR count). The Morgan fingerprint density at radius 1 is 1.07 bits per heavy atom. The van der Waals surface area contributed by atoms with Gasteiger partial charge in [-0.25, -0.2) is 0 Å². The van der Waals surface area contributed by atoms with Gasteiger partial charge in [-0.05, 0) is 55.3 Å². The lowest BCUT2D eigenvalue weighted by molar-refractivity contribution is -0.137. The van der Waals surface area contributed by atoms with E-state index < -0.39 is 11.7 Å². The van der Waals surface area contributed by atoms with Crippen molar-refractivity contribution in [3.05, 3.63) is 52.5 Å². The first kappa shape index (κ1) is 21.5. The van der Waals surface area contributed by atoms with Gasteiger partial charge in [0.05, 0.1) is 17.8 Å². The number of rotatable bonds is 6. The number of nitrogens with one attached hydrogen (secondary N) is 2. The average molecular weight is 471 g/mol. The molecule has 1 aliphatic rings. The summed E-state index contributed by atoms with van der Waals surface area (Å²) in [6, 6.07) is 10.2. The molecule has 29 heavy (non-hydrogen) atoms. The maximum atomic E-state index is 13.1. The maximum absolute atomic E-state index is 13.1. The topological polar surface area (TPSA) is 50.4 Å². The van der Waals surface area contributed by atoms with Crippen molar-refractivity contribution in [2.75, 3.05) is 11.9 Å². The van der Waals surface area contributed by atoms with Crippen LogP contribution in [0.4, 0.5) is 18.9 Å². The zero-order chi connectivity index (χ0) is 20.9. The van der Waals surface area contributed by atoms with Crippen molar-refractivity contribution < 1.29 is 22.7 Å². The van der Waals surface area contributed by atoms with Gasteiger partial charge in [-0.2, -0.15) is 13.2 Å². The molecule has 0 saturated heterocycles. The number of ether oxygens (including phenoxy) is 1. The predicted octanol–water partition coefficient (Wildman–Crippen LogP) is 6.12. The van der Waals surface area contributed by atoms with Crippen molar-refractivity contribution in [2.45, 2.75) is 44.3 Å². The molecule has 2 N–H and O–H groups in total. The molecule has 0 radical (unpaired) electrons. The van der Waals surface area contributed by atoms with Gasteiger partial charge in [-0.15, -0.1) is 0 Å². The predicted molar refractivity (Wildman–Crippen MR) is 109 cm³/mol. The van der Waals surface area contributed by atoms with Gasteiger partial charge in [0.2, 0.25) is 5.91 Å². The van der Waals surface area contributed by atoms with Gasteiger partial charge in [0.1, 0.15) is 5.75 Å². The number of benzene rings is 2. The molecule has 0 unspecified atom stereocenters. The molecule has 0 aliphatic heterocycles. The van der Waals surface area contributed by atoms with Gasteiger partial charge < -0.3 is 15.4 Å². The number of amides is 1. The molecular weight excluding hydrogens is 449 g/mol. The Labute approximate surface area is 176 Å². The molecule has 0 aromatic heterocycles.